The summed E-state index contributed by atoms with van der Waals surface area (Å²) in [6.07, 6.45) is 1.10. The fourth-order valence-corrected chi connectivity index (χ4v) is 3.13. The van der Waals surface area contributed by atoms with Crippen LogP contribution in [0.3, 0.4) is 0 Å². The Hall–Kier alpha value is -2.34. The Labute approximate surface area is 136 Å². The number of ether oxygens (including phenoxy) is 1. The molecule has 0 unspecified atom stereocenters. The van der Waals surface area contributed by atoms with Gasteiger partial charge in [-0.05, 0) is 29.8 Å². The molecule has 0 bridgehead atoms. The summed E-state index contributed by atoms with van der Waals surface area (Å²) < 4.78 is 28.7. The van der Waals surface area contributed by atoms with Gasteiger partial charge >= 0.3 is 0 Å². The molecule has 0 aliphatic heterocycles. The third-order valence-corrected chi connectivity index (χ3v) is 4.60. The molecule has 0 heterocycles. The minimum Gasteiger partial charge on any atom is -0.497 e. The number of nitrogens with zero attached hydrogens (tertiary/aromatic N) is 1. The minimum absolute atomic E-state index is 0.0478. The smallest absolute Gasteiger partial charge is 0.255 e. The van der Waals surface area contributed by atoms with E-state index in [9.17, 15) is 13.2 Å². The Balaban J connectivity index is 2.23. The average Bonchev–Trinajstić information content (AvgIpc) is 2.54. The molecule has 6 heteroatoms. The SMILES string of the molecule is COc1ccc(CN(C)C(=O)c2ccccc2S(C)(=O)=O)cc1. The number of amides is 1. The van der Waals surface area contributed by atoms with E-state index in [2.05, 4.69) is 0 Å². The summed E-state index contributed by atoms with van der Waals surface area (Å²) in [6, 6.07) is 13.6. The van der Waals surface area contributed by atoms with Gasteiger partial charge in [0.1, 0.15) is 5.75 Å². The van der Waals surface area contributed by atoms with Gasteiger partial charge in [0, 0.05) is 19.8 Å². The molecule has 5 nitrogen and oxygen atoms in total. The van der Waals surface area contributed by atoms with Crippen LogP contribution < -0.4 is 4.74 Å². The van der Waals surface area contributed by atoms with Crippen LogP contribution in [0.25, 0.3) is 0 Å². The van der Waals surface area contributed by atoms with Gasteiger partial charge in [0.2, 0.25) is 0 Å². The zero-order chi connectivity index (χ0) is 17.0. The number of methoxy groups -OCH3 is 1. The van der Waals surface area contributed by atoms with Gasteiger partial charge < -0.3 is 9.64 Å². The summed E-state index contributed by atoms with van der Waals surface area (Å²) in [7, 11) is -0.223. The summed E-state index contributed by atoms with van der Waals surface area (Å²) in [4.78, 5) is 14.1. The molecule has 23 heavy (non-hydrogen) atoms. The third-order valence-electron chi connectivity index (χ3n) is 3.44. The zero-order valence-corrected chi connectivity index (χ0v) is 14.1. The number of benzene rings is 2. The third kappa shape index (κ3) is 4.10. The molecule has 0 aromatic heterocycles. The highest BCUT2D eigenvalue weighted by molar-refractivity contribution is 7.90. The Bertz CT molecular complexity index is 798. The normalized spacial score (nSPS) is 11.1. The molecule has 0 saturated heterocycles. The second kappa shape index (κ2) is 6.83. The molecule has 0 atom stereocenters. The van der Waals surface area contributed by atoms with Crippen LogP contribution in [-0.4, -0.2) is 39.6 Å². The van der Waals surface area contributed by atoms with Gasteiger partial charge in [-0.3, -0.25) is 4.79 Å². The van der Waals surface area contributed by atoms with Crippen molar-refractivity contribution in [3.05, 3.63) is 59.7 Å². The lowest BCUT2D eigenvalue weighted by Crippen LogP contribution is -2.27. The quantitative estimate of drug-likeness (QED) is 0.843. The Morgan fingerprint density at radius 3 is 2.26 bits per heavy atom. The Morgan fingerprint density at radius 1 is 1.09 bits per heavy atom. The fraction of sp³-hybridized carbons (Fsp3) is 0.235. The van der Waals surface area contributed by atoms with E-state index >= 15 is 0 Å². The molecule has 0 N–H and O–H groups in total. The van der Waals surface area contributed by atoms with Gasteiger partial charge in [-0.25, -0.2) is 8.42 Å². The van der Waals surface area contributed by atoms with Gasteiger partial charge in [0.05, 0.1) is 17.6 Å². The molecule has 0 saturated carbocycles. The van der Waals surface area contributed by atoms with Crippen molar-refractivity contribution in [2.24, 2.45) is 0 Å². The number of hydrogen-bond donors (Lipinski definition) is 0. The summed E-state index contributed by atoms with van der Waals surface area (Å²) in [5, 5.41) is 0. The van der Waals surface area contributed by atoms with E-state index in [-0.39, 0.29) is 16.4 Å². The van der Waals surface area contributed by atoms with Crippen molar-refractivity contribution in [3.8, 4) is 5.75 Å². The monoisotopic (exact) mass is 333 g/mol. The van der Waals surface area contributed by atoms with Gasteiger partial charge in [-0.1, -0.05) is 24.3 Å². The molecule has 2 aromatic carbocycles. The van der Waals surface area contributed by atoms with E-state index in [1.165, 1.54) is 17.0 Å². The predicted octanol–water partition coefficient (Wildman–Crippen LogP) is 2.37. The van der Waals surface area contributed by atoms with E-state index in [0.717, 1.165) is 17.6 Å². The molecule has 0 aliphatic rings. The Kier molecular flexibility index (Phi) is 5.05. The van der Waals surface area contributed by atoms with Crippen LogP contribution >= 0.6 is 0 Å². The summed E-state index contributed by atoms with van der Waals surface area (Å²) in [6.45, 7) is 0.376. The molecular formula is C17H19NO4S. The van der Waals surface area contributed by atoms with Crippen molar-refractivity contribution < 1.29 is 17.9 Å². The summed E-state index contributed by atoms with van der Waals surface area (Å²) >= 11 is 0. The molecule has 2 rings (SSSR count). The van der Waals surface area contributed by atoms with Crippen LogP contribution in [0.1, 0.15) is 15.9 Å². The first-order valence-corrected chi connectivity index (χ1v) is 8.89. The highest BCUT2D eigenvalue weighted by Crippen LogP contribution is 2.18. The maximum atomic E-state index is 12.6. The van der Waals surface area contributed by atoms with E-state index in [4.69, 9.17) is 4.74 Å². The molecular weight excluding hydrogens is 314 g/mol. The van der Waals surface area contributed by atoms with E-state index < -0.39 is 9.84 Å². The lowest BCUT2D eigenvalue weighted by Gasteiger charge is -2.19. The van der Waals surface area contributed by atoms with Crippen molar-refractivity contribution >= 4 is 15.7 Å². The van der Waals surface area contributed by atoms with Crippen molar-refractivity contribution in [1.82, 2.24) is 4.90 Å². The van der Waals surface area contributed by atoms with Crippen molar-refractivity contribution in [1.29, 1.82) is 0 Å². The maximum absolute atomic E-state index is 12.6. The molecule has 0 fully saturated rings. The average molecular weight is 333 g/mol. The van der Waals surface area contributed by atoms with Crippen LogP contribution in [0.4, 0.5) is 0 Å². The first-order valence-electron chi connectivity index (χ1n) is 7.00. The van der Waals surface area contributed by atoms with Gasteiger partial charge in [0.25, 0.3) is 5.91 Å². The molecule has 0 spiro atoms. The maximum Gasteiger partial charge on any atom is 0.255 e. The number of sulfone groups is 1. The van der Waals surface area contributed by atoms with Gasteiger partial charge in [-0.15, -0.1) is 0 Å². The largest absolute Gasteiger partial charge is 0.497 e. The van der Waals surface area contributed by atoms with Crippen LogP contribution in [0.2, 0.25) is 0 Å². The fourth-order valence-electron chi connectivity index (χ4n) is 2.25. The van der Waals surface area contributed by atoms with E-state index in [1.54, 1.807) is 26.3 Å². The summed E-state index contributed by atoms with van der Waals surface area (Å²) in [5.74, 6) is 0.409. The van der Waals surface area contributed by atoms with Gasteiger partial charge in [-0.2, -0.15) is 0 Å². The zero-order valence-electron chi connectivity index (χ0n) is 13.3. The topological polar surface area (TPSA) is 63.7 Å². The molecule has 0 aliphatic carbocycles. The second-order valence-electron chi connectivity index (χ2n) is 5.28. The molecule has 1 amide bonds. The molecule has 2 aromatic rings. The number of carbonyl (C=O) groups excluding carboxylic acids is 1. The number of carbonyl (C=O) groups is 1. The van der Waals surface area contributed by atoms with Crippen LogP contribution in [0.5, 0.6) is 5.75 Å². The van der Waals surface area contributed by atoms with Crippen molar-refractivity contribution in [2.75, 3.05) is 20.4 Å². The van der Waals surface area contributed by atoms with Crippen LogP contribution in [0.15, 0.2) is 53.4 Å². The standard InChI is InChI=1S/C17H19NO4S/c1-18(12-13-8-10-14(22-2)11-9-13)17(19)15-6-4-5-7-16(15)23(3,20)21/h4-11H,12H2,1-3H3. The molecule has 122 valence electrons. The van der Waals surface area contributed by atoms with E-state index in [0.29, 0.717) is 6.54 Å². The highest BCUT2D eigenvalue weighted by atomic mass is 32.2. The van der Waals surface area contributed by atoms with Crippen molar-refractivity contribution in [2.45, 2.75) is 11.4 Å². The number of hydrogen-bond acceptors (Lipinski definition) is 4. The second-order valence-corrected chi connectivity index (χ2v) is 7.26. The first kappa shape index (κ1) is 17.0. The highest BCUT2D eigenvalue weighted by Gasteiger charge is 2.20. The van der Waals surface area contributed by atoms with Crippen LogP contribution in [-0.2, 0) is 16.4 Å². The lowest BCUT2D eigenvalue weighted by atomic mass is 10.1. The van der Waals surface area contributed by atoms with Crippen LogP contribution in [0, 0.1) is 0 Å². The van der Waals surface area contributed by atoms with Crippen molar-refractivity contribution in [3.63, 3.8) is 0 Å². The lowest BCUT2D eigenvalue weighted by molar-refractivity contribution is 0.0781. The first-order chi connectivity index (χ1) is 10.8. The van der Waals surface area contributed by atoms with E-state index in [1.807, 2.05) is 24.3 Å². The summed E-state index contributed by atoms with van der Waals surface area (Å²) in [5.41, 5.74) is 1.12. The van der Waals surface area contributed by atoms with Gasteiger partial charge in [0.15, 0.2) is 9.84 Å². The minimum atomic E-state index is -3.46. The Morgan fingerprint density at radius 2 is 1.70 bits per heavy atom. The predicted molar refractivity (Wildman–Crippen MR) is 88.3 cm³/mol. The number of rotatable bonds is 5. The molecule has 0 radical (unpaired) electrons.